The van der Waals surface area contributed by atoms with Crippen LogP contribution in [-0.4, -0.2) is 6.34 Å². The van der Waals surface area contributed by atoms with Crippen molar-refractivity contribution in [2.75, 3.05) is 0 Å². The van der Waals surface area contributed by atoms with Gasteiger partial charge in [0.05, 0.1) is 0 Å². The second-order valence-corrected chi connectivity index (χ2v) is 2.07. The third kappa shape index (κ3) is 2.04. The Hall–Kier alpha value is -1.38. The smallest absolute Gasteiger partial charge is 0.161 e. The van der Waals surface area contributed by atoms with E-state index in [0.717, 1.165) is 0 Å². The SMILES string of the molecule is N=[C]NCc1ccccc1F. The second-order valence-electron chi connectivity index (χ2n) is 2.07. The fraction of sp³-hybridized carbons (Fsp3) is 0.125. The molecule has 0 aromatic heterocycles. The Bertz CT molecular complexity index is 248. The zero-order valence-electron chi connectivity index (χ0n) is 5.89. The molecular weight excluding hydrogens is 143 g/mol. The quantitative estimate of drug-likeness (QED) is 0.382. The highest BCUT2D eigenvalue weighted by Crippen LogP contribution is 2.04. The van der Waals surface area contributed by atoms with Crippen LogP contribution in [0.3, 0.4) is 0 Å². The van der Waals surface area contributed by atoms with Crippen LogP contribution in [-0.2, 0) is 6.54 Å². The fourth-order valence-electron chi connectivity index (χ4n) is 0.781. The van der Waals surface area contributed by atoms with E-state index in [2.05, 4.69) is 5.32 Å². The van der Waals surface area contributed by atoms with Gasteiger partial charge in [0.1, 0.15) is 5.82 Å². The van der Waals surface area contributed by atoms with Crippen molar-refractivity contribution >= 4 is 6.34 Å². The van der Waals surface area contributed by atoms with Crippen LogP contribution in [0.2, 0.25) is 0 Å². The zero-order valence-corrected chi connectivity index (χ0v) is 5.89. The van der Waals surface area contributed by atoms with Crippen molar-refractivity contribution < 1.29 is 4.39 Å². The van der Waals surface area contributed by atoms with Crippen molar-refractivity contribution in [3.63, 3.8) is 0 Å². The van der Waals surface area contributed by atoms with Gasteiger partial charge in [-0.1, -0.05) is 18.2 Å². The molecule has 0 aliphatic heterocycles. The zero-order chi connectivity index (χ0) is 8.10. The van der Waals surface area contributed by atoms with Crippen LogP contribution in [0.1, 0.15) is 5.56 Å². The van der Waals surface area contributed by atoms with E-state index in [1.165, 1.54) is 6.07 Å². The third-order valence-corrected chi connectivity index (χ3v) is 1.33. The third-order valence-electron chi connectivity index (χ3n) is 1.33. The Morgan fingerprint density at radius 3 is 2.82 bits per heavy atom. The lowest BCUT2D eigenvalue weighted by atomic mass is 10.2. The normalized spacial score (nSPS) is 9.18. The van der Waals surface area contributed by atoms with Gasteiger partial charge in [-0.3, -0.25) is 5.41 Å². The molecule has 0 aliphatic rings. The van der Waals surface area contributed by atoms with Gasteiger partial charge in [0, 0.05) is 12.1 Å². The maximum absolute atomic E-state index is 12.8. The Morgan fingerprint density at radius 2 is 2.18 bits per heavy atom. The lowest BCUT2D eigenvalue weighted by Gasteiger charge is -1.99. The van der Waals surface area contributed by atoms with Crippen molar-refractivity contribution in [1.82, 2.24) is 5.32 Å². The van der Waals surface area contributed by atoms with Gasteiger partial charge in [0.15, 0.2) is 6.34 Å². The van der Waals surface area contributed by atoms with Gasteiger partial charge in [-0.05, 0) is 6.07 Å². The molecule has 57 valence electrons. The highest BCUT2D eigenvalue weighted by Gasteiger charge is 1.96. The lowest BCUT2D eigenvalue weighted by molar-refractivity contribution is 0.606. The minimum Gasteiger partial charge on any atom is -0.363 e. The molecule has 3 heteroatoms. The summed E-state index contributed by atoms with van der Waals surface area (Å²) in [6, 6.07) is 6.44. The van der Waals surface area contributed by atoms with E-state index in [-0.39, 0.29) is 5.82 Å². The summed E-state index contributed by atoms with van der Waals surface area (Å²) in [5, 5.41) is 9.02. The van der Waals surface area contributed by atoms with Crippen molar-refractivity contribution in [2.45, 2.75) is 6.54 Å². The van der Waals surface area contributed by atoms with E-state index < -0.39 is 0 Å². The first kappa shape index (κ1) is 7.72. The Labute approximate surface area is 64.6 Å². The predicted molar refractivity (Wildman–Crippen MR) is 41.0 cm³/mol. The highest BCUT2D eigenvalue weighted by molar-refractivity contribution is 5.49. The molecule has 1 radical (unpaired) electrons. The highest BCUT2D eigenvalue weighted by atomic mass is 19.1. The molecule has 2 nitrogen and oxygen atoms in total. The van der Waals surface area contributed by atoms with Crippen molar-refractivity contribution in [1.29, 1.82) is 5.41 Å². The molecule has 1 aromatic rings. The maximum Gasteiger partial charge on any atom is 0.161 e. The Kier molecular flexibility index (Phi) is 2.60. The number of rotatable bonds is 3. The van der Waals surface area contributed by atoms with Crippen molar-refractivity contribution in [3.8, 4) is 0 Å². The molecule has 0 unspecified atom stereocenters. The molecule has 2 N–H and O–H groups in total. The topological polar surface area (TPSA) is 35.9 Å². The Morgan fingerprint density at radius 1 is 1.45 bits per heavy atom. The molecule has 0 spiro atoms. The molecule has 0 amide bonds. The number of nitrogens with one attached hydrogen (secondary N) is 2. The molecule has 0 heterocycles. The van der Waals surface area contributed by atoms with Crippen molar-refractivity contribution in [2.24, 2.45) is 0 Å². The number of hydrogen-bond donors (Lipinski definition) is 2. The van der Waals surface area contributed by atoms with Gasteiger partial charge in [-0.15, -0.1) is 0 Å². The van der Waals surface area contributed by atoms with Gasteiger partial charge in [0.25, 0.3) is 0 Å². The van der Waals surface area contributed by atoms with E-state index in [1.807, 2.05) is 6.34 Å². The number of hydrogen-bond acceptors (Lipinski definition) is 1. The van der Waals surface area contributed by atoms with Gasteiger partial charge in [0.2, 0.25) is 0 Å². The maximum atomic E-state index is 12.8. The van der Waals surface area contributed by atoms with Crippen LogP contribution in [0.25, 0.3) is 0 Å². The van der Waals surface area contributed by atoms with E-state index in [4.69, 9.17) is 5.41 Å². The average Bonchev–Trinajstić information content (AvgIpc) is 2.03. The molecule has 11 heavy (non-hydrogen) atoms. The summed E-state index contributed by atoms with van der Waals surface area (Å²) < 4.78 is 12.8. The summed E-state index contributed by atoms with van der Waals surface area (Å²) in [5.74, 6) is -0.254. The van der Waals surface area contributed by atoms with Gasteiger partial charge < -0.3 is 5.32 Å². The van der Waals surface area contributed by atoms with Crippen molar-refractivity contribution in [3.05, 3.63) is 35.6 Å². The minimum atomic E-state index is -0.254. The molecular formula is C8H8FN2. The number of benzene rings is 1. The first-order valence-corrected chi connectivity index (χ1v) is 3.22. The molecule has 0 saturated heterocycles. The molecule has 0 bridgehead atoms. The monoisotopic (exact) mass is 151 g/mol. The molecule has 1 aromatic carbocycles. The van der Waals surface area contributed by atoms with E-state index >= 15 is 0 Å². The van der Waals surface area contributed by atoms with Crippen LogP contribution in [0.4, 0.5) is 4.39 Å². The van der Waals surface area contributed by atoms with Gasteiger partial charge >= 0.3 is 0 Å². The van der Waals surface area contributed by atoms with Crippen LogP contribution in [0.5, 0.6) is 0 Å². The standard InChI is InChI=1S/C8H8FN2/c9-8-4-2-1-3-7(8)5-11-6-10/h1-4H,5H2,(H2,10,11). The summed E-state index contributed by atoms with van der Waals surface area (Å²) in [4.78, 5) is 0. The van der Waals surface area contributed by atoms with Gasteiger partial charge in [-0.25, -0.2) is 4.39 Å². The summed E-state index contributed by atoms with van der Waals surface area (Å²) in [5.41, 5.74) is 0.548. The van der Waals surface area contributed by atoms with Gasteiger partial charge in [-0.2, -0.15) is 0 Å². The van der Waals surface area contributed by atoms with Crippen LogP contribution >= 0.6 is 0 Å². The minimum absolute atomic E-state index is 0.254. The van der Waals surface area contributed by atoms with Crippen LogP contribution in [0, 0.1) is 11.2 Å². The summed E-state index contributed by atoms with van der Waals surface area (Å²) in [6.07, 6.45) is 1.98. The fourth-order valence-corrected chi connectivity index (χ4v) is 0.781. The summed E-state index contributed by atoms with van der Waals surface area (Å²) >= 11 is 0. The molecule has 0 fully saturated rings. The predicted octanol–water partition coefficient (Wildman–Crippen LogP) is 1.40. The van der Waals surface area contributed by atoms with Crippen LogP contribution < -0.4 is 5.32 Å². The first-order valence-electron chi connectivity index (χ1n) is 3.22. The second kappa shape index (κ2) is 3.71. The lowest BCUT2D eigenvalue weighted by Crippen LogP contribution is -2.10. The summed E-state index contributed by atoms with van der Waals surface area (Å²) in [7, 11) is 0. The first-order chi connectivity index (χ1) is 5.34. The largest absolute Gasteiger partial charge is 0.363 e. The summed E-state index contributed by atoms with van der Waals surface area (Å²) in [6.45, 7) is 0.316. The average molecular weight is 151 g/mol. The molecule has 0 aliphatic carbocycles. The molecule has 0 atom stereocenters. The molecule has 1 rings (SSSR count). The number of halogens is 1. The van der Waals surface area contributed by atoms with Crippen LogP contribution in [0.15, 0.2) is 24.3 Å². The van der Waals surface area contributed by atoms with E-state index in [0.29, 0.717) is 12.1 Å². The van der Waals surface area contributed by atoms with E-state index in [1.54, 1.807) is 18.2 Å². The van der Waals surface area contributed by atoms with E-state index in [9.17, 15) is 4.39 Å². The Balaban J connectivity index is 2.69. The molecule has 0 saturated carbocycles.